The Labute approximate surface area is 172 Å². The molecule has 146 valence electrons. The second-order valence-electron chi connectivity index (χ2n) is 6.43. The second-order valence-corrected chi connectivity index (χ2v) is 7.27. The standard InChI is InChI=1S/C20H17Cl2NO5/c1-20(2)27-18(24)16(19(25)28-20)10-23-14-5-7-15(8-6-14)26-11-12-3-4-13(21)9-17(12)22/h3-10,23H,11H2,1-2H3. The van der Waals surface area contributed by atoms with E-state index < -0.39 is 17.7 Å². The first-order valence-electron chi connectivity index (χ1n) is 8.34. The molecule has 1 fully saturated rings. The van der Waals surface area contributed by atoms with Gasteiger partial charge < -0.3 is 19.5 Å². The number of nitrogens with one attached hydrogen (secondary N) is 1. The molecule has 28 heavy (non-hydrogen) atoms. The fraction of sp³-hybridized carbons (Fsp3) is 0.200. The number of benzene rings is 2. The van der Waals surface area contributed by atoms with Crippen LogP contribution in [-0.2, 0) is 25.7 Å². The maximum absolute atomic E-state index is 11.9. The molecule has 1 heterocycles. The average molecular weight is 422 g/mol. The Balaban J connectivity index is 1.60. The van der Waals surface area contributed by atoms with E-state index in [9.17, 15) is 9.59 Å². The van der Waals surface area contributed by atoms with Gasteiger partial charge in [-0.2, -0.15) is 0 Å². The molecular formula is C20H17Cl2NO5. The third-order valence-corrected chi connectivity index (χ3v) is 4.35. The van der Waals surface area contributed by atoms with Gasteiger partial charge in [-0.3, -0.25) is 0 Å². The lowest BCUT2D eigenvalue weighted by Crippen LogP contribution is -2.42. The first-order chi connectivity index (χ1) is 13.2. The van der Waals surface area contributed by atoms with E-state index in [1.165, 1.54) is 20.0 Å². The Morgan fingerprint density at radius 3 is 2.29 bits per heavy atom. The summed E-state index contributed by atoms with van der Waals surface area (Å²) in [7, 11) is 0. The summed E-state index contributed by atoms with van der Waals surface area (Å²) in [5.74, 6) is -2.12. The van der Waals surface area contributed by atoms with Crippen LogP contribution in [0.4, 0.5) is 5.69 Å². The number of anilines is 1. The van der Waals surface area contributed by atoms with E-state index in [0.717, 1.165) is 5.56 Å². The number of cyclic esters (lactones) is 2. The lowest BCUT2D eigenvalue weighted by atomic mass is 10.2. The number of carbonyl (C=O) groups is 2. The van der Waals surface area contributed by atoms with Crippen molar-refractivity contribution in [2.45, 2.75) is 26.2 Å². The molecule has 0 spiro atoms. The first kappa shape index (κ1) is 20.0. The molecule has 1 saturated heterocycles. The maximum atomic E-state index is 11.9. The van der Waals surface area contributed by atoms with Crippen LogP contribution in [0.2, 0.25) is 10.0 Å². The van der Waals surface area contributed by atoms with Crippen LogP contribution in [0.15, 0.2) is 54.2 Å². The lowest BCUT2D eigenvalue weighted by molar-refractivity contribution is -0.222. The van der Waals surface area contributed by atoms with Gasteiger partial charge in [0.25, 0.3) is 5.79 Å². The van der Waals surface area contributed by atoms with E-state index >= 15 is 0 Å². The number of rotatable bonds is 5. The van der Waals surface area contributed by atoms with Crippen molar-refractivity contribution >= 4 is 40.8 Å². The van der Waals surface area contributed by atoms with Crippen molar-refractivity contribution in [3.05, 3.63) is 69.8 Å². The molecule has 0 aliphatic carbocycles. The van der Waals surface area contributed by atoms with Gasteiger partial charge in [-0.05, 0) is 36.4 Å². The van der Waals surface area contributed by atoms with Gasteiger partial charge in [-0.15, -0.1) is 0 Å². The van der Waals surface area contributed by atoms with E-state index in [1.807, 2.05) is 0 Å². The number of carbonyl (C=O) groups excluding carboxylic acids is 2. The summed E-state index contributed by atoms with van der Waals surface area (Å²) in [6.45, 7) is 3.27. The van der Waals surface area contributed by atoms with Gasteiger partial charge in [-0.25, -0.2) is 9.59 Å². The van der Waals surface area contributed by atoms with Crippen LogP contribution in [0.3, 0.4) is 0 Å². The maximum Gasteiger partial charge on any atom is 0.350 e. The molecular weight excluding hydrogens is 405 g/mol. The fourth-order valence-electron chi connectivity index (χ4n) is 2.38. The zero-order valence-electron chi connectivity index (χ0n) is 15.1. The SMILES string of the molecule is CC1(C)OC(=O)C(=CNc2ccc(OCc3ccc(Cl)cc3Cl)cc2)C(=O)O1. The van der Waals surface area contributed by atoms with E-state index in [-0.39, 0.29) is 5.57 Å². The van der Waals surface area contributed by atoms with Crippen LogP contribution >= 0.6 is 23.2 Å². The van der Waals surface area contributed by atoms with Crippen LogP contribution in [0.1, 0.15) is 19.4 Å². The Morgan fingerprint density at radius 2 is 1.68 bits per heavy atom. The molecule has 1 aliphatic rings. The van der Waals surface area contributed by atoms with Gasteiger partial charge in [0.1, 0.15) is 12.4 Å². The van der Waals surface area contributed by atoms with Gasteiger partial charge in [0.2, 0.25) is 0 Å². The predicted octanol–water partition coefficient (Wildman–Crippen LogP) is 4.70. The Bertz CT molecular complexity index is 916. The molecule has 0 saturated carbocycles. The number of halogens is 2. The summed E-state index contributed by atoms with van der Waals surface area (Å²) in [6.07, 6.45) is 1.25. The molecule has 1 N–H and O–H groups in total. The number of hydrogen-bond acceptors (Lipinski definition) is 6. The Kier molecular flexibility index (Phi) is 5.82. The van der Waals surface area contributed by atoms with Gasteiger partial charge in [0, 0.05) is 41.3 Å². The van der Waals surface area contributed by atoms with Crippen molar-refractivity contribution in [3.63, 3.8) is 0 Å². The predicted molar refractivity (Wildman–Crippen MR) is 105 cm³/mol. The Hall–Kier alpha value is -2.70. The van der Waals surface area contributed by atoms with Crippen molar-refractivity contribution in [1.29, 1.82) is 0 Å². The van der Waals surface area contributed by atoms with E-state index in [4.69, 9.17) is 37.4 Å². The molecule has 8 heteroatoms. The number of ether oxygens (including phenoxy) is 3. The molecule has 3 rings (SSSR count). The van der Waals surface area contributed by atoms with E-state index in [0.29, 0.717) is 28.1 Å². The minimum absolute atomic E-state index is 0.211. The molecule has 2 aromatic rings. The normalized spacial score (nSPS) is 15.5. The van der Waals surface area contributed by atoms with Crippen LogP contribution in [-0.4, -0.2) is 17.7 Å². The summed E-state index contributed by atoms with van der Waals surface area (Å²) in [6, 6.07) is 12.2. The minimum atomic E-state index is -1.27. The van der Waals surface area contributed by atoms with Crippen molar-refractivity contribution in [2.24, 2.45) is 0 Å². The molecule has 0 amide bonds. The van der Waals surface area contributed by atoms with Crippen molar-refractivity contribution in [3.8, 4) is 5.75 Å². The molecule has 0 unspecified atom stereocenters. The topological polar surface area (TPSA) is 73.9 Å². The molecule has 0 bridgehead atoms. The molecule has 0 atom stereocenters. The zero-order chi connectivity index (χ0) is 20.3. The van der Waals surface area contributed by atoms with Crippen LogP contribution in [0, 0.1) is 0 Å². The third kappa shape index (κ3) is 4.97. The van der Waals surface area contributed by atoms with Crippen LogP contribution < -0.4 is 10.1 Å². The average Bonchev–Trinajstić information content (AvgIpc) is 2.60. The smallest absolute Gasteiger partial charge is 0.350 e. The summed E-state index contributed by atoms with van der Waals surface area (Å²) in [4.78, 5) is 23.8. The quantitative estimate of drug-likeness (QED) is 0.428. The van der Waals surface area contributed by atoms with Crippen LogP contribution in [0.5, 0.6) is 5.75 Å². The second kappa shape index (κ2) is 8.12. The lowest BCUT2D eigenvalue weighted by Gasteiger charge is -2.29. The van der Waals surface area contributed by atoms with E-state index in [2.05, 4.69) is 5.32 Å². The fourth-order valence-corrected chi connectivity index (χ4v) is 2.84. The summed E-state index contributed by atoms with van der Waals surface area (Å²) in [5, 5.41) is 3.96. The molecule has 0 radical (unpaired) electrons. The molecule has 1 aliphatic heterocycles. The highest BCUT2D eigenvalue weighted by molar-refractivity contribution is 6.35. The summed E-state index contributed by atoms with van der Waals surface area (Å²) >= 11 is 12.0. The number of hydrogen-bond donors (Lipinski definition) is 1. The highest BCUT2D eigenvalue weighted by Crippen LogP contribution is 2.25. The highest BCUT2D eigenvalue weighted by Gasteiger charge is 2.38. The van der Waals surface area contributed by atoms with Crippen molar-refractivity contribution in [1.82, 2.24) is 0 Å². The van der Waals surface area contributed by atoms with Gasteiger partial charge in [-0.1, -0.05) is 29.3 Å². The molecule has 0 aromatic heterocycles. The van der Waals surface area contributed by atoms with Crippen molar-refractivity contribution < 1.29 is 23.8 Å². The third-order valence-electron chi connectivity index (χ3n) is 3.76. The number of esters is 2. The minimum Gasteiger partial charge on any atom is -0.489 e. The highest BCUT2D eigenvalue weighted by atomic mass is 35.5. The summed E-state index contributed by atoms with van der Waals surface area (Å²) < 4.78 is 15.8. The Morgan fingerprint density at radius 1 is 1.04 bits per heavy atom. The van der Waals surface area contributed by atoms with Gasteiger partial charge in [0.15, 0.2) is 5.57 Å². The van der Waals surface area contributed by atoms with Gasteiger partial charge in [0.05, 0.1) is 0 Å². The zero-order valence-corrected chi connectivity index (χ0v) is 16.6. The van der Waals surface area contributed by atoms with Crippen molar-refractivity contribution in [2.75, 3.05) is 5.32 Å². The molecule has 2 aromatic carbocycles. The monoisotopic (exact) mass is 421 g/mol. The van der Waals surface area contributed by atoms with Crippen LogP contribution in [0.25, 0.3) is 0 Å². The summed E-state index contributed by atoms with van der Waals surface area (Å²) in [5.41, 5.74) is 1.25. The van der Waals surface area contributed by atoms with E-state index in [1.54, 1.807) is 42.5 Å². The van der Waals surface area contributed by atoms with Gasteiger partial charge >= 0.3 is 11.9 Å². The molecule has 6 nitrogen and oxygen atoms in total. The largest absolute Gasteiger partial charge is 0.489 e. The first-order valence-corrected chi connectivity index (χ1v) is 9.09.